The topological polar surface area (TPSA) is 58.7 Å². The van der Waals surface area contributed by atoms with Gasteiger partial charge in [-0.3, -0.25) is 9.79 Å². The van der Waals surface area contributed by atoms with Crippen LogP contribution in [0.15, 0.2) is 53.5 Å². The molecule has 0 spiro atoms. The van der Waals surface area contributed by atoms with E-state index in [9.17, 15) is 9.18 Å². The third kappa shape index (κ3) is 2.95. The fourth-order valence-corrected chi connectivity index (χ4v) is 2.87. The summed E-state index contributed by atoms with van der Waals surface area (Å²) in [5.74, 6) is -0.394. The summed E-state index contributed by atoms with van der Waals surface area (Å²) in [5, 5.41) is 0. The zero-order valence-electron chi connectivity index (χ0n) is 13.7. The van der Waals surface area contributed by atoms with E-state index in [-0.39, 0.29) is 17.6 Å². The lowest BCUT2D eigenvalue weighted by Crippen LogP contribution is -2.44. The zero-order valence-corrected chi connectivity index (χ0v) is 13.7. The van der Waals surface area contributed by atoms with Gasteiger partial charge in [0.05, 0.1) is 11.4 Å². The normalized spacial score (nSPS) is 17.5. The van der Waals surface area contributed by atoms with E-state index < -0.39 is 6.17 Å². The highest BCUT2D eigenvalue weighted by atomic mass is 19.1. The number of hydrogen-bond donors (Lipinski definition) is 1. The van der Waals surface area contributed by atoms with Crippen LogP contribution in [0.1, 0.15) is 25.0 Å². The maximum atomic E-state index is 14.3. The van der Waals surface area contributed by atoms with Gasteiger partial charge >= 0.3 is 0 Å². The molecule has 1 heterocycles. The molecule has 1 amide bonds. The van der Waals surface area contributed by atoms with Gasteiger partial charge in [-0.1, -0.05) is 44.2 Å². The molecule has 3 rings (SSSR count). The number of hydrogen-bond acceptors (Lipinski definition) is 3. The summed E-state index contributed by atoms with van der Waals surface area (Å²) in [7, 11) is 0. The van der Waals surface area contributed by atoms with Gasteiger partial charge in [0, 0.05) is 17.7 Å². The first-order valence-corrected chi connectivity index (χ1v) is 7.98. The first-order chi connectivity index (χ1) is 11.5. The SMILES string of the molecule is CC(C)CN1C(=O)[C@@H](N)N=C(c2ccccc2F)c2ccccc21. The van der Waals surface area contributed by atoms with Gasteiger partial charge < -0.3 is 10.6 Å². The molecule has 0 aromatic heterocycles. The number of benzodiazepines with no additional fused rings is 1. The van der Waals surface area contributed by atoms with Crippen molar-refractivity contribution in [2.75, 3.05) is 11.4 Å². The van der Waals surface area contributed by atoms with Gasteiger partial charge in [0.15, 0.2) is 6.17 Å². The number of nitrogens with two attached hydrogens (primary N) is 1. The maximum absolute atomic E-state index is 14.3. The second-order valence-electron chi connectivity index (χ2n) is 6.26. The number of anilines is 1. The molecule has 0 fully saturated rings. The summed E-state index contributed by atoms with van der Waals surface area (Å²) in [6.45, 7) is 4.60. The van der Waals surface area contributed by atoms with Crippen LogP contribution in [0.4, 0.5) is 10.1 Å². The Kier molecular flexibility index (Phi) is 4.44. The Morgan fingerprint density at radius 3 is 2.42 bits per heavy atom. The molecule has 0 unspecified atom stereocenters. The number of carbonyl (C=O) groups is 1. The van der Waals surface area contributed by atoms with E-state index in [2.05, 4.69) is 4.99 Å². The minimum absolute atomic E-state index is 0.268. The van der Waals surface area contributed by atoms with E-state index in [1.54, 1.807) is 23.1 Å². The average molecular weight is 325 g/mol. The Balaban J connectivity index is 2.21. The Morgan fingerprint density at radius 2 is 1.75 bits per heavy atom. The molecule has 2 aromatic rings. The van der Waals surface area contributed by atoms with E-state index in [4.69, 9.17) is 5.73 Å². The highest BCUT2D eigenvalue weighted by Gasteiger charge is 2.30. The molecule has 1 atom stereocenters. The van der Waals surface area contributed by atoms with Crippen LogP contribution in [0.3, 0.4) is 0 Å². The molecule has 1 aliphatic heterocycles. The fourth-order valence-electron chi connectivity index (χ4n) is 2.87. The van der Waals surface area contributed by atoms with Crippen LogP contribution in [-0.4, -0.2) is 24.3 Å². The summed E-state index contributed by atoms with van der Waals surface area (Å²) in [4.78, 5) is 18.7. The molecule has 1 aliphatic rings. The molecule has 2 aromatic carbocycles. The lowest BCUT2D eigenvalue weighted by Gasteiger charge is -2.26. The van der Waals surface area contributed by atoms with Crippen molar-refractivity contribution in [3.05, 3.63) is 65.5 Å². The number of nitrogens with zero attached hydrogens (tertiary/aromatic N) is 2. The number of fused-ring (bicyclic) bond motifs is 1. The Morgan fingerprint density at radius 1 is 1.12 bits per heavy atom. The summed E-state index contributed by atoms with van der Waals surface area (Å²) >= 11 is 0. The first-order valence-electron chi connectivity index (χ1n) is 7.98. The van der Waals surface area contributed by atoms with E-state index in [0.717, 1.165) is 0 Å². The van der Waals surface area contributed by atoms with Crippen LogP contribution >= 0.6 is 0 Å². The predicted molar refractivity (Wildman–Crippen MR) is 93.6 cm³/mol. The van der Waals surface area contributed by atoms with E-state index >= 15 is 0 Å². The maximum Gasteiger partial charge on any atom is 0.266 e. The van der Waals surface area contributed by atoms with E-state index in [1.165, 1.54) is 6.07 Å². The molecule has 0 aliphatic carbocycles. The predicted octanol–water partition coefficient (Wildman–Crippen LogP) is 2.95. The molecule has 2 N–H and O–H groups in total. The van der Waals surface area contributed by atoms with Gasteiger partial charge in [0.1, 0.15) is 5.82 Å². The van der Waals surface area contributed by atoms with Gasteiger partial charge in [0.2, 0.25) is 0 Å². The van der Waals surface area contributed by atoms with Crippen molar-refractivity contribution in [3.63, 3.8) is 0 Å². The van der Waals surface area contributed by atoms with Crippen LogP contribution in [0, 0.1) is 11.7 Å². The fraction of sp³-hybridized carbons (Fsp3) is 0.263. The molecule has 24 heavy (non-hydrogen) atoms. The van der Waals surface area contributed by atoms with Crippen LogP contribution in [0.25, 0.3) is 0 Å². The number of aliphatic imine (C=N–C) groups is 1. The summed E-state index contributed by atoms with van der Waals surface area (Å²) in [6, 6.07) is 13.8. The third-order valence-electron chi connectivity index (χ3n) is 3.91. The number of rotatable bonds is 3. The van der Waals surface area contributed by atoms with Crippen molar-refractivity contribution >= 4 is 17.3 Å². The van der Waals surface area contributed by atoms with Crippen LogP contribution < -0.4 is 10.6 Å². The molecule has 0 bridgehead atoms. The van der Waals surface area contributed by atoms with E-state index in [1.807, 2.05) is 38.1 Å². The minimum Gasteiger partial charge on any atom is -0.308 e. The number of para-hydroxylation sites is 1. The summed E-state index contributed by atoms with van der Waals surface area (Å²) in [5.41, 5.74) is 8.19. The van der Waals surface area contributed by atoms with Crippen LogP contribution in [0.5, 0.6) is 0 Å². The Hall–Kier alpha value is -2.53. The van der Waals surface area contributed by atoms with Crippen molar-refractivity contribution in [2.45, 2.75) is 20.0 Å². The lowest BCUT2D eigenvalue weighted by atomic mass is 9.99. The van der Waals surface area contributed by atoms with Crippen molar-refractivity contribution < 1.29 is 9.18 Å². The van der Waals surface area contributed by atoms with Crippen molar-refractivity contribution in [2.24, 2.45) is 16.6 Å². The van der Waals surface area contributed by atoms with Gasteiger partial charge in [-0.25, -0.2) is 4.39 Å². The standard InChI is InChI=1S/C19H20FN3O/c1-12(2)11-23-16-10-6-4-8-14(16)17(22-18(21)19(23)24)13-7-3-5-9-15(13)20/h3-10,12,18H,11,21H2,1-2H3/t18-/m0/s1. The van der Waals surface area contributed by atoms with Crippen molar-refractivity contribution in [1.82, 2.24) is 0 Å². The molecule has 0 saturated heterocycles. The Labute approximate surface area is 140 Å². The number of halogens is 1. The first kappa shape index (κ1) is 16.3. The highest BCUT2D eigenvalue weighted by Crippen LogP contribution is 2.29. The van der Waals surface area contributed by atoms with Gasteiger partial charge in [-0.2, -0.15) is 0 Å². The minimum atomic E-state index is -1.05. The molecular formula is C19H20FN3O. The largest absolute Gasteiger partial charge is 0.308 e. The lowest BCUT2D eigenvalue weighted by molar-refractivity contribution is -0.119. The Bertz CT molecular complexity index is 801. The third-order valence-corrected chi connectivity index (χ3v) is 3.91. The van der Waals surface area contributed by atoms with Gasteiger partial charge in [-0.05, 0) is 24.1 Å². The number of benzene rings is 2. The van der Waals surface area contributed by atoms with E-state index in [0.29, 0.717) is 29.1 Å². The molecule has 0 saturated carbocycles. The number of carbonyl (C=O) groups excluding carboxylic acids is 1. The molecule has 124 valence electrons. The van der Waals surface area contributed by atoms with Crippen LogP contribution in [0.2, 0.25) is 0 Å². The molecule has 4 nitrogen and oxygen atoms in total. The van der Waals surface area contributed by atoms with Crippen molar-refractivity contribution in [3.8, 4) is 0 Å². The molecular weight excluding hydrogens is 305 g/mol. The van der Waals surface area contributed by atoms with Gasteiger partial charge in [0.25, 0.3) is 5.91 Å². The quantitative estimate of drug-likeness (QED) is 0.943. The molecule has 5 heteroatoms. The second-order valence-corrected chi connectivity index (χ2v) is 6.26. The summed E-state index contributed by atoms with van der Waals surface area (Å²) < 4.78 is 14.3. The average Bonchev–Trinajstić information content (AvgIpc) is 2.66. The summed E-state index contributed by atoms with van der Waals surface area (Å²) in [6.07, 6.45) is -1.05. The molecule has 0 radical (unpaired) electrons. The number of amides is 1. The smallest absolute Gasteiger partial charge is 0.266 e. The monoisotopic (exact) mass is 325 g/mol. The second kappa shape index (κ2) is 6.53. The van der Waals surface area contributed by atoms with Crippen LogP contribution in [-0.2, 0) is 4.79 Å². The van der Waals surface area contributed by atoms with Crippen molar-refractivity contribution in [1.29, 1.82) is 0 Å². The zero-order chi connectivity index (χ0) is 17.3. The van der Waals surface area contributed by atoms with Gasteiger partial charge in [-0.15, -0.1) is 0 Å². The highest BCUT2D eigenvalue weighted by molar-refractivity contribution is 6.20.